The number of hydrogen-bond acceptors (Lipinski definition) is 8. The maximum atomic E-state index is 7.09. The van der Waals surface area contributed by atoms with Gasteiger partial charge in [0.2, 0.25) is 13.1 Å². The van der Waals surface area contributed by atoms with Gasteiger partial charge in [0.1, 0.15) is 12.7 Å². The van der Waals surface area contributed by atoms with Gasteiger partial charge in [0, 0.05) is 68.1 Å². The van der Waals surface area contributed by atoms with E-state index in [-0.39, 0.29) is 0 Å². The molecule has 6 aromatic heterocycles. The van der Waals surface area contributed by atoms with Crippen molar-refractivity contribution < 1.29 is 0 Å². The molecule has 0 aliphatic heterocycles. The second-order valence-electron chi connectivity index (χ2n) is 13.3. The van der Waals surface area contributed by atoms with E-state index in [1.807, 2.05) is 48.4 Å². The van der Waals surface area contributed by atoms with Gasteiger partial charge in [-0.3, -0.25) is 0 Å². The fourth-order valence-corrected chi connectivity index (χ4v) is 6.40. The van der Waals surface area contributed by atoms with Gasteiger partial charge in [-0.15, -0.1) is 6.42 Å². The third-order valence-electron chi connectivity index (χ3n) is 9.26. The number of halogens is 1. The number of fused-ring (bicyclic) bond motifs is 2. The molecular weight excluding hydrogens is 756 g/mol. The van der Waals surface area contributed by atoms with Crippen molar-refractivity contribution in [1.82, 2.24) is 49.0 Å². The highest BCUT2D eigenvalue weighted by atomic mass is 35.5. The van der Waals surface area contributed by atoms with Crippen LogP contribution in [0.2, 0.25) is 5.02 Å². The highest BCUT2D eigenvalue weighted by Gasteiger charge is 2.14. The van der Waals surface area contributed by atoms with Gasteiger partial charge in [-0.2, -0.15) is 0 Å². The Kier molecular flexibility index (Phi) is 13.4. The fourth-order valence-electron chi connectivity index (χ4n) is 6.15. The van der Waals surface area contributed by atoms with Gasteiger partial charge in [-0.25, -0.2) is 53.0 Å². The van der Waals surface area contributed by atoms with E-state index in [0.29, 0.717) is 30.1 Å². The summed E-state index contributed by atoms with van der Waals surface area (Å²) in [6.45, 7) is 19.1. The molecule has 0 amide bonds. The summed E-state index contributed by atoms with van der Waals surface area (Å²) in [7, 11) is 3.88. The van der Waals surface area contributed by atoms with Gasteiger partial charge in [0.25, 0.3) is 0 Å². The summed E-state index contributed by atoms with van der Waals surface area (Å²) in [5.41, 5.74) is 12.1. The number of hydrogen-bond donors (Lipinski definition) is 0. The lowest BCUT2D eigenvalue weighted by Gasteiger charge is -2.10. The summed E-state index contributed by atoms with van der Waals surface area (Å²) >= 11 is 6.46. The van der Waals surface area contributed by atoms with Crippen LogP contribution in [0.3, 0.4) is 0 Å². The molecule has 59 heavy (non-hydrogen) atoms. The molecule has 288 valence electrons. The molecule has 12 nitrogen and oxygen atoms in total. The van der Waals surface area contributed by atoms with E-state index in [2.05, 4.69) is 82.5 Å². The average molecular weight is 793 g/mol. The number of aryl methyl sites for hydroxylation is 4. The van der Waals surface area contributed by atoms with Gasteiger partial charge in [-0.1, -0.05) is 29.4 Å². The Hall–Kier alpha value is -7.77. The van der Waals surface area contributed by atoms with Crippen molar-refractivity contribution in [2.45, 2.75) is 26.7 Å². The Morgan fingerprint density at radius 2 is 1.12 bits per heavy atom. The van der Waals surface area contributed by atoms with Crippen molar-refractivity contribution in [3.8, 4) is 47.0 Å². The number of rotatable bonds is 6. The first-order chi connectivity index (χ1) is 28.7. The van der Waals surface area contributed by atoms with Crippen LogP contribution in [-0.2, 0) is 26.9 Å². The van der Waals surface area contributed by atoms with E-state index < -0.39 is 0 Å². The van der Waals surface area contributed by atoms with Crippen molar-refractivity contribution in [1.29, 1.82) is 0 Å². The van der Waals surface area contributed by atoms with E-state index in [4.69, 9.17) is 41.1 Å². The van der Waals surface area contributed by atoms with Gasteiger partial charge in [-0.05, 0) is 72.5 Å². The van der Waals surface area contributed by atoms with Gasteiger partial charge >= 0.3 is 0 Å². The number of imidazole rings is 2. The highest BCUT2D eigenvalue weighted by molar-refractivity contribution is 6.35. The lowest BCUT2D eigenvalue weighted by Crippen LogP contribution is -1.98. The third-order valence-corrected chi connectivity index (χ3v) is 9.57. The summed E-state index contributed by atoms with van der Waals surface area (Å²) in [5, 5.41) is 2.58. The normalized spacial score (nSPS) is 10.2. The topological polar surface area (TPSA) is 122 Å². The summed E-state index contributed by atoms with van der Waals surface area (Å²) in [6.07, 6.45) is 23.1. The van der Waals surface area contributed by atoms with E-state index in [1.165, 1.54) is 12.7 Å². The summed E-state index contributed by atoms with van der Waals surface area (Å²) in [6, 6.07) is 12.1. The Morgan fingerprint density at radius 3 is 1.59 bits per heavy atom. The van der Waals surface area contributed by atoms with Gasteiger partial charge in [0.15, 0.2) is 0 Å². The smallest absolute Gasteiger partial charge is 0.218 e. The molecule has 0 aliphatic carbocycles. The molecule has 8 rings (SSSR count). The minimum atomic E-state index is 0.468. The zero-order valence-corrected chi connectivity index (χ0v) is 33.6. The van der Waals surface area contributed by atoms with Crippen LogP contribution in [0.25, 0.3) is 54.3 Å². The summed E-state index contributed by atoms with van der Waals surface area (Å²) < 4.78 is 3.86. The molecule has 8 aromatic rings. The molecule has 0 aliphatic rings. The van der Waals surface area contributed by atoms with Crippen molar-refractivity contribution in [3.63, 3.8) is 0 Å². The zero-order valence-electron chi connectivity index (χ0n) is 32.9. The Bertz CT molecular complexity index is 2940. The number of benzene rings is 2. The second kappa shape index (κ2) is 19.4. The molecule has 0 spiro atoms. The lowest BCUT2D eigenvalue weighted by molar-refractivity contribution is 0.917. The maximum absolute atomic E-state index is 7.09. The molecule has 13 heteroatoms. The van der Waals surface area contributed by atoms with Crippen LogP contribution in [0.1, 0.15) is 38.9 Å². The fraction of sp³-hybridized carbons (Fsp3) is 0.174. The number of pyridine rings is 2. The van der Waals surface area contributed by atoms with Crippen LogP contribution >= 0.6 is 11.6 Å². The molecule has 0 N–H and O–H groups in total. The lowest BCUT2D eigenvalue weighted by atomic mass is 9.98. The molecule has 0 atom stereocenters. The van der Waals surface area contributed by atoms with Crippen LogP contribution in [-0.4, -0.2) is 62.1 Å². The standard InChI is InChI=1S/C23H18N6.C17H15ClN4.C6H4N2/c1-16-8-21-20(9-18(16)6-7-24-2)19(5-4-17-11-25-14-26-12-17)10-22(28-21)23-13-27-15-29(23)3;1-11-6-15-13(7-12(11)4-5-19-2)14(18)8-16(21-15)17-9-20-10-22(17)3;1-2-6-3-7-5-8-4-6/h8-15H,6-7H2,1,3H3;6-10H,4-5H2,1,3H3;1,3-5H. The van der Waals surface area contributed by atoms with E-state index in [9.17, 15) is 0 Å². The molecule has 0 fully saturated rings. The SMILES string of the molecule is C#Cc1cncnc1.[C-]#[N+]CCc1cc2c(C#Cc3cncnc3)cc(-c3cncn3C)nc2cc1C.[C-]#[N+]CCc1cc2c(Cl)cc(-c3cncn3C)nc2cc1C. The predicted octanol–water partition coefficient (Wildman–Crippen LogP) is 8.11. The first kappa shape index (κ1) is 40.9. The maximum Gasteiger partial charge on any atom is 0.218 e. The molecule has 0 saturated carbocycles. The molecule has 0 radical (unpaired) electrons. The van der Waals surface area contributed by atoms with Crippen molar-refractivity contribution in [2.24, 2.45) is 14.1 Å². The third kappa shape index (κ3) is 10.2. The average Bonchev–Trinajstić information content (AvgIpc) is 3.89. The van der Waals surface area contributed by atoms with Crippen LogP contribution < -0.4 is 0 Å². The number of terminal acetylenes is 1. The predicted molar refractivity (Wildman–Crippen MR) is 231 cm³/mol. The van der Waals surface area contributed by atoms with E-state index >= 15 is 0 Å². The minimum absolute atomic E-state index is 0.468. The monoisotopic (exact) mass is 792 g/mol. The molecule has 2 aromatic carbocycles. The van der Waals surface area contributed by atoms with Crippen LogP contribution in [0.5, 0.6) is 0 Å². The van der Waals surface area contributed by atoms with Gasteiger partial charge < -0.3 is 18.8 Å². The van der Waals surface area contributed by atoms with Crippen LogP contribution in [0.15, 0.2) is 98.9 Å². The van der Waals surface area contributed by atoms with E-state index in [1.54, 1.807) is 49.8 Å². The number of nitrogens with zero attached hydrogens (tertiary/aromatic N) is 12. The largest absolute Gasteiger partial charge is 0.332 e. The Morgan fingerprint density at radius 1 is 0.627 bits per heavy atom. The number of aromatic nitrogens is 10. The van der Waals surface area contributed by atoms with Gasteiger partial charge in [0.05, 0.1) is 75.0 Å². The highest BCUT2D eigenvalue weighted by Crippen LogP contribution is 2.30. The van der Waals surface area contributed by atoms with Crippen LogP contribution in [0.4, 0.5) is 0 Å². The molecule has 0 saturated heterocycles. The minimum Gasteiger partial charge on any atom is -0.332 e. The molecule has 6 heterocycles. The Balaban J connectivity index is 0.000000171. The first-order valence-corrected chi connectivity index (χ1v) is 18.7. The van der Waals surface area contributed by atoms with Crippen molar-refractivity contribution in [2.75, 3.05) is 13.1 Å². The quantitative estimate of drug-likeness (QED) is 0.122. The zero-order chi connectivity index (χ0) is 41.7. The van der Waals surface area contributed by atoms with Crippen molar-refractivity contribution >= 4 is 33.4 Å². The van der Waals surface area contributed by atoms with E-state index in [0.717, 1.165) is 84.4 Å². The molecular formula is C46H37ClN12. The summed E-state index contributed by atoms with van der Waals surface area (Å²) in [4.78, 5) is 40.3. The first-order valence-electron chi connectivity index (χ1n) is 18.3. The summed E-state index contributed by atoms with van der Waals surface area (Å²) in [5.74, 6) is 8.81. The molecule has 0 unspecified atom stereocenters. The van der Waals surface area contributed by atoms with Crippen molar-refractivity contribution in [3.05, 3.63) is 166 Å². The second-order valence-corrected chi connectivity index (χ2v) is 13.7. The molecule has 0 bridgehead atoms. The van der Waals surface area contributed by atoms with Crippen LogP contribution in [0, 0.1) is 51.2 Å². The Labute approximate surface area is 347 Å².